The molecule has 0 bridgehead atoms. The van der Waals surface area contributed by atoms with E-state index in [1.165, 1.54) is 16.7 Å². The number of hydrogen-bond donors (Lipinski definition) is 0. The molecule has 2 aromatic heterocycles. The molecule has 0 spiro atoms. The van der Waals surface area contributed by atoms with Gasteiger partial charge in [0.05, 0.1) is 10.5 Å². The van der Waals surface area contributed by atoms with Crippen molar-refractivity contribution in [3.8, 4) is 0 Å². The number of thiocarbonyl (C=S) groups is 1. The summed E-state index contributed by atoms with van der Waals surface area (Å²) in [6, 6.07) is 3.79. The van der Waals surface area contributed by atoms with Crippen LogP contribution in [0.3, 0.4) is 0 Å². The first kappa shape index (κ1) is 20.1. The van der Waals surface area contributed by atoms with Gasteiger partial charge in [0.25, 0.3) is 11.5 Å². The molecule has 4 rings (SSSR count). The maximum Gasteiger partial charge on any atom is 0.267 e. The van der Waals surface area contributed by atoms with Crippen LogP contribution in [0.1, 0.15) is 31.4 Å². The second-order valence-corrected chi connectivity index (χ2v) is 9.81. The van der Waals surface area contributed by atoms with Crippen molar-refractivity contribution in [3.05, 3.63) is 44.7 Å². The van der Waals surface area contributed by atoms with Crippen LogP contribution >= 0.6 is 24.0 Å². The van der Waals surface area contributed by atoms with Crippen molar-refractivity contribution >= 4 is 51.7 Å². The lowest BCUT2D eigenvalue weighted by atomic mass is 9.91. The number of pyridine rings is 1. The largest absolute Gasteiger partial charge is 0.355 e. The molecule has 2 aliphatic heterocycles. The molecule has 152 valence electrons. The fourth-order valence-corrected chi connectivity index (χ4v) is 5.34. The van der Waals surface area contributed by atoms with Gasteiger partial charge < -0.3 is 4.90 Å². The Hall–Kier alpha value is -2.19. The molecule has 0 saturated carbocycles. The molecule has 0 aromatic carbocycles. The van der Waals surface area contributed by atoms with Crippen LogP contribution in [-0.2, 0) is 4.79 Å². The van der Waals surface area contributed by atoms with Gasteiger partial charge in [-0.1, -0.05) is 43.9 Å². The van der Waals surface area contributed by atoms with Crippen LogP contribution in [0, 0.1) is 18.8 Å². The van der Waals surface area contributed by atoms with Gasteiger partial charge >= 0.3 is 0 Å². The zero-order chi connectivity index (χ0) is 20.9. The Kier molecular flexibility index (Phi) is 5.25. The van der Waals surface area contributed by atoms with Gasteiger partial charge in [-0.2, -0.15) is 0 Å². The Bertz CT molecular complexity index is 1100. The Morgan fingerprint density at radius 3 is 2.55 bits per heavy atom. The fraction of sp³-hybridized carbons (Fsp3) is 0.429. The van der Waals surface area contributed by atoms with E-state index in [-0.39, 0.29) is 11.5 Å². The number of amides is 1. The summed E-state index contributed by atoms with van der Waals surface area (Å²) in [6.45, 7) is 8.09. The number of thioether (sulfide) groups is 1. The molecule has 0 N–H and O–H groups in total. The monoisotopic (exact) mass is 428 g/mol. The minimum atomic E-state index is -0.180. The lowest BCUT2D eigenvalue weighted by Gasteiger charge is -2.36. The van der Waals surface area contributed by atoms with E-state index in [0.29, 0.717) is 38.1 Å². The Morgan fingerprint density at radius 2 is 1.93 bits per heavy atom. The number of fused-ring (bicyclic) bond motifs is 1. The standard InChI is InChI=1S/C21H24N4O2S2/c1-12-8-13(2)11-24(10-12)18-15(9-16-20(27)23(4)21(28)29-16)19(26)25-7-5-6-14(3)17(25)22-18/h5-7,9,12-13H,8,10-11H2,1-4H3/b16-9-/t12-,13-/m0/s1. The maximum absolute atomic E-state index is 13.4. The van der Waals surface area contributed by atoms with Gasteiger partial charge in [0.2, 0.25) is 0 Å². The summed E-state index contributed by atoms with van der Waals surface area (Å²) in [5, 5.41) is 0. The van der Waals surface area contributed by atoms with Gasteiger partial charge in [-0.25, -0.2) is 4.98 Å². The molecule has 29 heavy (non-hydrogen) atoms. The molecular formula is C21H24N4O2S2. The van der Waals surface area contributed by atoms with Gasteiger partial charge in [-0.05, 0) is 42.9 Å². The molecule has 0 unspecified atom stereocenters. The number of carbonyl (C=O) groups excluding carboxylic acids is 1. The van der Waals surface area contributed by atoms with Crippen molar-refractivity contribution in [2.45, 2.75) is 27.2 Å². The van der Waals surface area contributed by atoms with E-state index in [9.17, 15) is 9.59 Å². The molecule has 8 heteroatoms. The highest BCUT2D eigenvalue weighted by Gasteiger charge is 2.31. The molecule has 4 heterocycles. The Morgan fingerprint density at radius 1 is 1.24 bits per heavy atom. The number of aromatic nitrogens is 2. The van der Waals surface area contributed by atoms with E-state index in [1.54, 1.807) is 23.7 Å². The van der Waals surface area contributed by atoms with Crippen LogP contribution in [-0.4, -0.2) is 44.6 Å². The minimum Gasteiger partial charge on any atom is -0.355 e. The smallest absolute Gasteiger partial charge is 0.267 e. The third-order valence-corrected chi connectivity index (χ3v) is 6.98. The highest BCUT2D eigenvalue weighted by Crippen LogP contribution is 2.33. The number of anilines is 1. The summed E-state index contributed by atoms with van der Waals surface area (Å²) in [5.74, 6) is 1.50. The lowest BCUT2D eigenvalue weighted by molar-refractivity contribution is -0.121. The molecule has 2 fully saturated rings. The first-order valence-electron chi connectivity index (χ1n) is 9.74. The quantitative estimate of drug-likeness (QED) is 0.540. The second kappa shape index (κ2) is 7.57. The SMILES string of the molecule is Cc1cccn2c(=O)c(/C=C3\SC(=S)N(C)C3=O)c(N3C[C@@H](C)C[C@H](C)C3)nc12. The van der Waals surface area contributed by atoms with Crippen molar-refractivity contribution in [2.75, 3.05) is 25.0 Å². The predicted octanol–water partition coefficient (Wildman–Crippen LogP) is 3.32. The Labute approximate surface area is 179 Å². The highest BCUT2D eigenvalue weighted by molar-refractivity contribution is 8.26. The molecule has 2 saturated heterocycles. The number of piperidine rings is 1. The third-order valence-electron chi connectivity index (χ3n) is 5.49. The van der Waals surface area contributed by atoms with E-state index in [4.69, 9.17) is 17.2 Å². The number of hydrogen-bond acceptors (Lipinski definition) is 6. The minimum absolute atomic E-state index is 0.166. The van der Waals surface area contributed by atoms with E-state index >= 15 is 0 Å². The molecule has 2 aromatic rings. The topological polar surface area (TPSA) is 57.9 Å². The van der Waals surface area contributed by atoms with Crippen LogP contribution in [0.25, 0.3) is 11.7 Å². The summed E-state index contributed by atoms with van der Waals surface area (Å²) >= 11 is 6.47. The average molecular weight is 429 g/mol. The second-order valence-electron chi connectivity index (χ2n) is 8.13. The van der Waals surface area contributed by atoms with Crippen molar-refractivity contribution in [2.24, 2.45) is 11.8 Å². The summed E-state index contributed by atoms with van der Waals surface area (Å²) in [5.41, 5.74) is 1.87. The van der Waals surface area contributed by atoms with Gasteiger partial charge in [-0.15, -0.1) is 0 Å². The zero-order valence-corrected chi connectivity index (χ0v) is 18.6. The van der Waals surface area contributed by atoms with E-state index in [1.807, 2.05) is 19.1 Å². The molecule has 2 atom stereocenters. The van der Waals surface area contributed by atoms with Gasteiger partial charge in [-0.3, -0.25) is 18.9 Å². The normalized spacial score (nSPS) is 24.2. The number of nitrogens with zero attached hydrogens (tertiary/aromatic N) is 4. The highest BCUT2D eigenvalue weighted by atomic mass is 32.2. The fourth-order valence-electron chi connectivity index (χ4n) is 4.18. The number of rotatable bonds is 2. The van der Waals surface area contributed by atoms with E-state index in [2.05, 4.69) is 18.7 Å². The van der Waals surface area contributed by atoms with Crippen LogP contribution < -0.4 is 10.5 Å². The lowest BCUT2D eigenvalue weighted by Crippen LogP contribution is -2.40. The summed E-state index contributed by atoms with van der Waals surface area (Å²) in [6.07, 6.45) is 4.56. The molecule has 1 amide bonds. The van der Waals surface area contributed by atoms with E-state index in [0.717, 1.165) is 25.1 Å². The average Bonchev–Trinajstić information content (AvgIpc) is 2.90. The number of likely N-dealkylation sites (N-methyl/N-ethyl adjacent to an activating group) is 1. The first-order valence-corrected chi connectivity index (χ1v) is 11.0. The Balaban J connectivity index is 1.94. The van der Waals surface area contributed by atoms with Crippen LogP contribution in [0.4, 0.5) is 5.82 Å². The van der Waals surface area contributed by atoms with Gasteiger partial charge in [0.15, 0.2) is 0 Å². The summed E-state index contributed by atoms with van der Waals surface area (Å²) < 4.78 is 2.06. The third kappa shape index (κ3) is 3.59. The molecule has 2 aliphatic rings. The van der Waals surface area contributed by atoms with Crippen LogP contribution in [0.2, 0.25) is 0 Å². The first-order chi connectivity index (χ1) is 13.8. The van der Waals surface area contributed by atoms with Gasteiger partial charge in [0.1, 0.15) is 15.8 Å². The number of aryl methyl sites for hydroxylation is 1. The molecule has 0 aliphatic carbocycles. The van der Waals surface area contributed by atoms with Crippen molar-refractivity contribution in [3.63, 3.8) is 0 Å². The maximum atomic E-state index is 13.4. The zero-order valence-electron chi connectivity index (χ0n) is 17.0. The predicted molar refractivity (Wildman–Crippen MR) is 122 cm³/mol. The van der Waals surface area contributed by atoms with Crippen LogP contribution in [0.15, 0.2) is 28.0 Å². The van der Waals surface area contributed by atoms with Crippen LogP contribution in [0.5, 0.6) is 0 Å². The molecule has 0 radical (unpaired) electrons. The summed E-state index contributed by atoms with van der Waals surface area (Å²) in [7, 11) is 1.66. The van der Waals surface area contributed by atoms with Crippen molar-refractivity contribution in [1.82, 2.24) is 14.3 Å². The van der Waals surface area contributed by atoms with Gasteiger partial charge in [0, 0.05) is 26.3 Å². The number of carbonyl (C=O) groups is 1. The molecule has 6 nitrogen and oxygen atoms in total. The molecular weight excluding hydrogens is 404 g/mol. The summed E-state index contributed by atoms with van der Waals surface area (Å²) in [4.78, 5) is 35.0. The van der Waals surface area contributed by atoms with Crippen molar-refractivity contribution in [1.29, 1.82) is 0 Å². The van der Waals surface area contributed by atoms with Crippen molar-refractivity contribution < 1.29 is 4.79 Å². The van der Waals surface area contributed by atoms with E-state index < -0.39 is 0 Å².